The largest absolute Gasteiger partial charge is 0.508 e. The van der Waals surface area contributed by atoms with E-state index in [1.165, 1.54) is 18.2 Å². The number of benzene rings is 2. The Balaban J connectivity index is 1.95. The molecule has 1 atom stereocenters. The molecule has 0 heterocycles. The smallest absolute Gasteiger partial charge is 0.333 e. The third kappa shape index (κ3) is 7.27. The second kappa shape index (κ2) is 10.8. The Morgan fingerprint density at radius 2 is 1.83 bits per heavy atom. The molecule has 0 aromatic heterocycles. The van der Waals surface area contributed by atoms with Crippen LogP contribution >= 0.6 is 0 Å². The zero-order valence-corrected chi connectivity index (χ0v) is 16.4. The maximum absolute atomic E-state index is 11.7. The van der Waals surface area contributed by atoms with Crippen LogP contribution in [0.25, 0.3) is 0 Å². The normalized spacial score (nSPS) is 11.9. The second-order valence-corrected chi connectivity index (χ2v) is 6.15. The minimum atomic E-state index is -0.559. The third-order valence-electron chi connectivity index (χ3n) is 3.63. The van der Waals surface area contributed by atoms with Gasteiger partial charge in [0.2, 0.25) is 0 Å². The predicted molar refractivity (Wildman–Crippen MR) is 107 cm³/mol. The number of hydrogen-bond acceptors (Lipinski definition) is 8. The Kier molecular flexibility index (Phi) is 8.17. The van der Waals surface area contributed by atoms with Crippen molar-refractivity contribution in [2.75, 3.05) is 19.8 Å². The molecule has 0 aliphatic heterocycles. The van der Waals surface area contributed by atoms with E-state index in [1.807, 2.05) is 6.92 Å². The summed E-state index contributed by atoms with van der Waals surface area (Å²) in [7, 11) is 0. The van der Waals surface area contributed by atoms with Crippen LogP contribution in [0.15, 0.2) is 64.8 Å². The van der Waals surface area contributed by atoms with Gasteiger partial charge in [-0.3, -0.25) is 0 Å². The maximum atomic E-state index is 11.7. The van der Waals surface area contributed by atoms with E-state index >= 15 is 0 Å². The quantitative estimate of drug-likeness (QED) is 0.347. The van der Waals surface area contributed by atoms with Gasteiger partial charge < -0.3 is 24.4 Å². The van der Waals surface area contributed by atoms with Gasteiger partial charge in [-0.1, -0.05) is 6.58 Å². The number of aromatic hydroxyl groups is 2. The summed E-state index contributed by atoms with van der Waals surface area (Å²) in [5.74, 6) is -0.159. The van der Waals surface area contributed by atoms with Crippen molar-refractivity contribution in [2.24, 2.45) is 10.2 Å². The fourth-order valence-electron chi connectivity index (χ4n) is 2.12. The highest BCUT2D eigenvalue weighted by molar-refractivity contribution is 5.87. The third-order valence-corrected chi connectivity index (χ3v) is 3.63. The molecule has 0 fully saturated rings. The van der Waals surface area contributed by atoms with E-state index in [0.717, 1.165) is 0 Å². The van der Waals surface area contributed by atoms with Crippen molar-refractivity contribution in [1.82, 2.24) is 0 Å². The summed E-state index contributed by atoms with van der Waals surface area (Å²) in [6.07, 6.45) is -0.559. The van der Waals surface area contributed by atoms with Crippen LogP contribution in [0.3, 0.4) is 0 Å². The second-order valence-electron chi connectivity index (χ2n) is 6.15. The zero-order valence-electron chi connectivity index (χ0n) is 16.4. The van der Waals surface area contributed by atoms with Crippen LogP contribution < -0.4 is 4.74 Å². The minimum absolute atomic E-state index is 0.0560. The lowest BCUT2D eigenvalue weighted by atomic mass is 10.3. The molecule has 2 N–H and O–H groups in total. The van der Waals surface area contributed by atoms with E-state index in [4.69, 9.17) is 14.2 Å². The van der Waals surface area contributed by atoms with Gasteiger partial charge in [-0.05, 0) is 50.2 Å². The summed E-state index contributed by atoms with van der Waals surface area (Å²) < 4.78 is 16.3. The Morgan fingerprint density at radius 3 is 2.45 bits per heavy atom. The number of ether oxygens (including phenoxy) is 3. The first-order valence-electron chi connectivity index (χ1n) is 9.00. The molecule has 0 radical (unpaired) electrons. The molecule has 2 aromatic carbocycles. The molecule has 29 heavy (non-hydrogen) atoms. The van der Waals surface area contributed by atoms with Gasteiger partial charge in [0.1, 0.15) is 29.5 Å². The summed E-state index contributed by atoms with van der Waals surface area (Å²) in [6.45, 7) is 7.83. The van der Waals surface area contributed by atoms with E-state index in [2.05, 4.69) is 16.8 Å². The van der Waals surface area contributed by atoms with Crippen LogP contribution in [0.5, 0.6) is 17.2 Å². The molecular weight excluding hydrogens is 376 g/mol. The highest BCUT2D eigenvalue weighted by atomic mass is 16.6. The molecule has 0 spiro atoms. The molecule has 2 aromatic rings. The molecule has 154 valence electrons. The molecule has 8 heteroatoms. The lowest BCUT2D eigenvalue weighted by Crippen LogP contribution is -2.30. The Morgan fingerprint density at radius 1 is 1.10 bits per heavy atom. The van der Waals surface area contributed by atoms with Gasteiger partial charge in [-0.2, -0.15) is 5.11 Å². The van der Waals surface area contributed by atoms with Crippen molar-refractivity contribution >= 4 is 17.3 Å². The van der Waals surface area contributed by atoms with Gasteiger partial charge in [0, 0.05) is 18.2 Å². The molecule has 1 unspecified atom stereocenters. The SMILES string of the molecule is C=C(C)C(=O)OC(COCC)COc1ccc(N=Nc2ccc(O)cc2O)cc1. The number of phenols is 2. The molecule has 8 nitrogen and oxygen atoms in total. The highest BCUT2D eigenvalue weighted by Crippen LogP contribution is 2.31. The summed E-state index contributed by atoms with van der Waals surface area (Å²) >= 11 is 0. The summed E-state index contributed by atoms with van der Waals surface area (Å²) in [5.41, 5.74) is 1.09. The molecule has 0 aliphatic carbocycles. The van der Waals surface area contributed by atoms with Crippen LogP contribution in [-0.4, -0.2) is 42.1 Å². The lowest BCUT2D eigenvalue weighted by molar-refractivity contribution is -0.149. The molecule has 0 amide bonds. The van der Waals surface area contributed by atoms with Gasteiger partial charge in [0.25, 0.3) is 0 Å². The molecular formula is C21H24N2O6. The first kappa shape index (κ1) is 21.9. The first-order chi connectivity index (χ1) is 13.9. The van der Waals surface area contributed by atoms with Crippen LogP contribution in [-0.2, 0) is 14.3 Å². The maximum Gasteiger partial charge on any atom is 0.333 e. The fraction of sp³-hybridized carbons (Fsp3) is 0.286. The number of hydrogen-bond donors (Lipinski definition) is 2. The van der Waals surface area contributed by atoms with E-state index < -0.39 is 12.1 Å². The van der Waals surface area contributed by atoms with Crippen LogP contribution in [0, 0.1) is 0 Å². The van der Waals surface area contributed by atoms with Crippen LogP contribution in [0.2, 0.25) is 0 Å². The van der Waals surface area contributed by atoms with Gasteiger partial charge in [-0.15, -0.1) is 5.11 Å². The fourth-order valence-corrected chi connectivity index (χ4v) is 2.12. The number of phenolic OH excluding ortho intramolecular Hbond substituents is 2. The molecule has 0 saturated carbocycles. The minimum Gasteiger partial charge on any atom is -0.508 e. The number of carbonyl (C=O) groups excluding carboxylic acids is 1. The van der Waals surface area contributed by atoms with E-state index in [9.17, 15) is 15.0 Å². The zero-order chi connectivity index (χ0) is 21.2. The van der Waals surface area contributed by atoms with Crippen molar-refractivity contribution < 1.29 is 29.2 Å². The standard InChI is InChI=1S/C21H24N2O6/c1-4-27-12-18(29-21(26)14(2)3)13-28-17-8-5-15(6-9-17)22-23-19-10-7-16(24)11-20(19)25/h5-11,18,24-25H,2,4,12-13H2,1,3H3. The number of azo groups is 1. The Labute approximate surface area is 169 Å². The topological polar surface area (TPSA) is 110 Å². The average Bonchev–Trinajstić information content (AvgIpc) is 2.70. The van der Waals surface area contributed by atoms with Gasteiger partial charge in [0.05, 0.1) is 12.3 Å². The van der Waals surface area contributed by atoms with Crippen molar-refractivity contribution in [3.63, 3.8) is 0 Å². The monoisotopic (exact) mass is 400 g/mol. The van der Waals surface area contributed by atoms with E-state index in [-0.39, 0.29) is 30.4 Å². The van der Waals surface area contributed by atoms with E-state index in [1.54, 1.807) is 31.2 Å². The summed E-state index contributed by atoms with van der Waals surface area (Å²) in [6, 6.07) is 10.8. The Bertz CT molecular complexity index is 864. The van der Waals surface area contributed by atoms with Crippen LogP contribution in [0.1, 0.15) is 13.8 Å². The van der Waals surface area contributed by atoms with E-state index in [0.29, 0.717) is 23.6 Å². The number of nitrogens with zero attached hydrogens (tertiary/aromatic N) is 2. The van der Waals surface area contributed by atoms with Crippen LogP contribution in [0.4, 0.5) is 11.4 Å². The Hall–Kier alpha value is -3.39. The van der Waals surface area contributed by atoms with Gasteiger partial charge in [0.15, 0.2) is 6.10 Å². The lowest BCUT2D eigenvalue weighted by Gasteiger charge is -2.18. The molecule has 2 rings (SSSR count). The van der Waals surface area contributed by atoms with Crippen molar-refractivity contribution in [1.29, 1.82) is 0 Å². The molecule has 0 bridgehead atoms. The molecule has 0 saturated heterocycles. The van der Waals surface area contributed by atoms with Crippen molar-refractivity contribution in [3.05, 3.63) is 54.6 Å². The van der Waals surface area contributed by atoms with Gasteiger partial charge in [-0.25, -0.2) is 4.79 Å². The predicted octanol–water partition coefficient (Wildman–Crippen LogP) is 4.42. The number of esters is 1. The number of rotatable bonds is 10. The molecule has 0 aliphatic rings. The van der Waals surface area contributed by atoms with Crippen molar-refractivity contribution in [3.8, 4) is 17.2 Å². The highest BCUT2D eigenvalue weighted by Gasteiger charge is 2.16. The average molecular weight is 400 g/mol. The van der Waals surface area contributed by atoms with Gasteiger partial charge >= 0.3 is 5.97 Å². The number of carbonyl (C=O) groups is 1. The van der Waals surface area contributed by atoms with Crippen molar-refractivity contribution in [2.45, 2.75) is 20.0 Å². The first-order valence-corrected chi connectivity index (χ1v) is 9.00. The summed E-state index contributed by atoms with van der Waals surface area (Å²) in [5, 5.41) is 27.0. The summed E-state index contributed by atoms with van der Waals surface area (Å²) in [4.78, 5) is 11.7.